The summed E-state index contributed by atoms with van der Waals surface area (Å²) >= 11 is 5.11. The predicted molar refractivity (Wildman–Crippen MR) is 168 cm³/mol. The van der Waals surface area contributed by atoms with Gasteiger partial charge in [-0.15, -0.1) is 11.3 Å². The summed E-state index contributed by atoms with van der Waals surface area (Å²) in [6, 6.07) is 30.8. The number of ether oxygens (including phenoxy) is 2. The van der Waals surface area contributed by atoms with Crippen molar-refractivity contribution in [2.75, 3.05) is 11.9 Å². The van der Waals surface area contributed by atoms with E-state index in [1.807, 2.05) is 97.2 Å². The summed E-state index contributed by atoms with van der Waals surface area (Å²) in [5, 5.41) is 10.2. The third-order valence-corrected chi connectivity index (χ3v) is 7.26. The second-order valence-corrected chi connectivity index (χ2v) is 10.6. The molecule has 0 aliphatic carbocycles. The Morgan fingerprint density at radius 3 is 2.44 bits per heavy atom. The highest BCUT2D eigenvalue weighted by Crippen LogP contribution is 2.37. The number of amides is 1. The van der Waals surface area contributed by atoms with Crippen molar-refractivity contribution >= 4 is 50.2 Å². The molecular formula is C32H27BrN4O3S. The smallest absolute Gasteiger partial charge is 0.271 e. The predicted octanol–water partition coefficient (Wildman–Crippen LogP) is 8.06. The summed E-state index contributed by atoms with van der Waals surface area (Å²) in [7, 11) is 0. The van der Waals surface area contributed by atoms with Gasteiger partial charge in [0.2, 0.25) is 0 Å². The van der Waals surface area contributed by atoms with Crippen LogP contribution in [0.2, 0.25) is 0 Å². The maximum absolute atomic E-state index is 12.7. The number of nitrogens with zero attached hydrogens (tertiary/aromatic N) is 2. The first-order valence-electron chi connectivity index (χ1n) is 12.9. The summed E-state index contributed by atoms with van der Waals surface area (Å²) in [6.45, 7) is 2.80. The van der Waals surface area contributed by atoms with Crippen LogP contribution in [-0.4, -0.2) is 23.7 Å². The SMILES string of the molecule is CCOc1cc(/C=N\NC(=O)c2ccc(-c3csc(Nc4ccccc4)n3)cc2)cc(Br)c1OCc1ccccc1. The van der Waals surface area contributed by atoms with Crippen molar-refractivity contribution in [3.8, 4) is 22.8 Å². The molecule has 0 saturated heterocycles. The van der Waals surface area contributed by atoms with Crippen molar-refractivity contribution in [1.29, 1.82) is 0 Å². The van der Waals surface area contributed by atoms with E-state index < -0.39 is 0 Å². The maximum Gasteiger partial charge on any atom is 0.271 e. The fourth-order valence-corrected chi connectivity index (χ4v) is 5.24. The largest absolute Gasteiger partial charge is 0.490 e. The monoisotopic (exact) mass is 626 g/mol. The van der Waals surface area contributed by atoms with Crippen molar-refractivity contribution in [3.63, 3.8) is 0 Å². The highest BCUT2D eigenvalue weighted by atomic mass is 79.9. The van der Waals surface area contributed by atoms with E-state index in [0.717, 1.165) is 37.7 Å². The molecule has 206 valence electrons. The van der Waals surface area contributed by atoms with Crippen LogP contribution in [-0.2, 0) is 6.61 Å². The molecule has 1 amide bonds. The van der Waals surface area contributed by atoms with Crippen LogP contribution >= 0.6 is 27.3 Å². The lowest BCUT2D eigenvalue weighted by atomic mass is 10.1. The van der Waals surface area contributed by atoms with Crippen molar-refractivity contribution in [2.24, 2.45) is 5.10 Å². The zero-order valence-corrected chi connectivity index (χ0v) is 24.6. The molecule has 9 heteroatoms. The number of para-hydroxylation sites is 1. The third kappa shape index (κ3) is 7.59. The lowest BCUT2D eigenvalue weighted by molar-refractivity contribution is 0.0955. The number of benzene rings is 4. The van der Waals surface area contributed by atoms with Crippen LogP contribution in [0.1, 0.15) is 28.4 Å². The van der Waals surface area contributed by atoms with Crippen molar-refractivity contribution < 1.29 is 14.3 Å². The van der Waals surface area contributed by atoms with Gasteiger partial charge in [0.15, 0.2) is 16.6 Å². The zero-order valence-electron chi connectivity index (χ0n) is 22.2. The fourth-order valence-electron chi connectivity index (χ4n) is 3.93. The number of hydrogen-bond acceptors (Lipinski definition) is 7. The molecule has 5 rings (SSSR count). The van der Waals surface area contributed by atoms with Crippen LogP contribution < -0.4 is 20.2 Å². The first-order valence-corrected chi connectivity index (χ1v) is 14.6. The Hall–Kier alpha value is -4.47. The topological polar surface area (TPSA) is 84.8 Å². The summed E-state index contributed by atoms with van der Waals surface area (Å²) in [5.74, 6) is 0.884. The number of hydrogen-bond donors (Lipinski definition) is 2. The molecule has 41 heavy (non-hydrogen) atoms. The molecule has 5 aromatic rings. The Balaban J connectivity index is 1.20. The zero-order chi connectivity index (χ0) is 28.4. The Morgan fingerprint density at radius 2 is 1.71 bits per heavy atom. The number of anilines is 2. The number of rotatable bonds is 11. The van der Waals surface area contributed by atoms with Gasteiger partial charge in [-0.05, 0) is 70.4 Å². The Kier molecular flexibility index (Phi) is 9.41. The highest BCUT2D eigenvalue weighted by molar-refractivity contribution is 9.10. The third-order valence-electron chi connectivity index (χ3n) is 5.91. The van der Waals surface area contributed by atoms with Gasteiger partial charge in [-0.2, -0.15) is 5.10 Å². The van der Waals surface area contributed by atoms with E-state index in [1.54, 1.807) is 18.3 Å². The number of carbonyl (C=O) groups excluding carboxylic acids is 1. The van der Waals surface area contributed by atoms with Gasteiger partial charge in [-0.25, -0.2) is 10.4 Å². The lowest BCUT2D eigenvalue weighted by Gasteiger charge is -2.14. The number of thiazole rings is 1. The molecule has 0 fully saturated rings. The minimum atomic E-state index is -0.315. The minimum Gasteiger partial charge on any atom is -0.490 e. The first-order chi connectivity index (χ1) is 20.1. The van der Waals surface area contributed by atoms with Gasteiger partial charge in [0.05, 0.1) is 23.0 Å². The Morgan fingerprint density at radius 1 is 0.976 bits per heavy atom. The standard InChI is InChI=1S/C32H27BrN4O3S/c1-2-39-29-18-23(17-27(33)30(29)40-20-22-9-5-3-6-10-22)19-34-37-31(38)25-15-13-24(14-16-25)28-21-41-32(36-28)35-26-11-7-4-8-12-26/h3-19,21H,2,20H2,1H3,(H,35,36)(H,37,38)/b34-19-. The maximum atomic E-state index is 12.7. The minimum absolute atomic E-state index is 0.315. The van der Waals surface area contributed by atoms with Crippen LogP contribution in [0.25, 0.3) is 11.3 Å². The quantitative estimate of drug-likeness (QED) is 0.114. The molecule has 2 N–H and O–H groups in total. The van der Waals surface area contributed by atoms with E-state index in [-0.39, 0.29) is 5.91 Å². The number of carbonyl (C=O) groups is 1. The highest BCUT2D eigenvalue weighted by Gasteiger charge is 2.13. The lowest BCUT2D eigenvalue weighted by Crippen LogP contribution is -2.17. The van der Waals surface area contributed by atoms with Crippen LogP contribution in [0.5, 0.6) is 11.5 Å². The van der Waals surface area contributed by atoms with Gasteiger partial charge >= 0.3 is 0 Å². The van der Waals surface area contributed by atoms with Gasteiger partial charge < -0.3 is 14.8 Å². The molecule has 4 aromatic carbocycles. The number of hydrazone groups is 1. The molecule has 0 aliphatic heterocycles. The van der Waals surface area contributed by atoms with Gasteiger partial charge in [0, 0.05) is 22.2 Å². The van der Waals surface area contributed by atoms with E-state index in [9.17, 15) is 4.79 Å². The Labute approximate surface area is 251 Å². The molecular weight excluding hydrogens is 600 g/mol. The van der Waals surface area contributed by atoms with E-state index in [0.29, 0.717) is 30.3 Å². The van der Waals surface area contributed by atoms with E-state index in [2.05, 4.69) is 36.8 Å². The van der Waals surface area contributed by atoms with Crippen LogP contribution in [0.3, 0.4) is 0 Å². The number of halogens is 1. The average Bonchev–Trinajstić information content (AvgIpc) is 3.46. The van der Waals surface area contributed by atoms with E-state index >= 15 is 0 Å². The van der Waals surface area contributed by atoms with Crippen LogP contribution in [0.15, 0.2) is 112 Å². The van der Waals surface area contributed by atoms with Crippen molar-refractivity contribution in [1.82, 2.24) is 10.4 Å². The molecule has 7 nitrogen and oxygen atoms in total. The molecule has 0 radical (unpaired) electrons. The number of nitrogens with one attached hydrogen (secondary N) is 2. The molecule has 1 aromatic heterocycles. The van der Waals surface area contributed by atoms with Gasteiger partial charge in [-0.1, -0.05) is 60.7 Å². The molecule has 0 spiro atoms. The molecule has 0 saturated carbocycles. The molecule has 0 atom stereocenters. The Bertz CT molecular complexity index is 1620. The van der Waals surface area contributed by atoms with Crippen LogP contribution in [0.4, 0.5) is 10.8 Å². The van der Waals surface area contributed by atoms with Gasteiger partial charge in [0.1, 0.15) is 6.61 Å². The summed E-state index contributed by atoms with van der Waals surface area (Å²) < 4.78 is 12.6. The van der Waals surface area contributed by atoms with Crippen molar-refractivity contribution in [3.05, 3.63) is 124 Å². The molecule has 0 unspecified atom stereocenters. The van der Waals surface area contributed by atoms with E-state index in [1.165, 1.54) is 11.3 Å². The van der Waals surface area contributed by atoms with Crippen molar-refractivity contribution in [2.45, 2.75) is 13.5 Å². The number of aromatic nitrogens is 1. The van der Waals surface area contributed by atoms with Gasteiger partial charge in [0.25, 0.3) is 5.91 Å². The second-order valence-electron chi connectivity index (χ2n) is 8.84. The van der Waals surface area contributed by atoms with Gasteiger partial charge in [-0.3, -0.25) is 4.79 Å². The van der Waals surface area contributed by atoms with E-state index in [4.69, 9.17) is 9.47 Å². The molecule has 0 bridgehead atoms. The van der Waals surface area contributed by atoms with Crippen LogP contribution in [0, 0.1) is 0 Å². The summed E-state index contributed by atoms with van der Waals surface area (Å²) in [6.07, 6.45) is 1.57. The molecule has 1 heterocycles. The average molecular weight is 628 g/mol. The second kappa shape index (κ2) is 13.7. The fraction of sp³-hybridized carbons (Fsp3) is 0.0938. The molecule has 0 aliphatic rings. The first kappa shape index (κ1) is 28.1. The summed E-state index contributed by atoms with van der Waals surface area (Å²) in [5.41, 5.74) is 7.62. The summed E-state index contributed by atoms with van der Waals surface area (Å²) in [4.78, 5) is 17.4. The normalized spacial score (nSPS) is 10.9.